The lowest BCUT2D eigenvalue weighted by Crippen LogP contribution is -2.62. The fourth-order valence-electron chi connectivity index (χ4n) is 8.80. The van der Waals surface area contributed by atoms with Gasteiger partial charge >= 0.3 is 5.97 Å². The van der Waals surface area contributed by atoms with Crippen LogP contribution in [0.2, 0.25) is 0 Å². The van der Waals surface area contributed by atoms with Crippen LogP contribution in [0, 0.1) is 34.5 Å². The molecule has 1 N–H and O–H groups in total. The number of carbonyl (C=O) groups excluding carboxylic acids is 2. The van der Waals surface area contributed by atoms with Crippen molar-refractivity contribution in [3.63, 3.8) is 0 Å². The zero-order valence-corrected chi connectivity index (χ0v) is 24.9. The minimum absolute atomic E-state index is 0.0758. The van der Waals surface area contributed by atoms with Crippen molar-refractivity contribution < 1.29 is 33.0 Å². The molecule has 0 aliphatic heterocycles. The van der Waals surface area contributed by atoms with Crippen molar-refractivity contribution in [3.05, 3.63) is 59.0 Å². The fraction of sp³-hybridized carbons (Fsp3) is 0.548. The Balaban J connectivity index is 1.41. The summed E-state index contributed by atoms with van der Waals surface area (Å²) in [6.45, 7) is 5.84. The minimum Gasteiger partial charge on any atom is -0.448 e. The van der Waals surface area contributed by atoms with Crippen molar-refractivity contribution in [1.29, 1.82) is 0 Å². The van der Waals surface area contributed by atoms with Crippen molar-refractivity contribution in [2.24, 2.45) is 28.6 Å². The Morgan fingerprint density at radius 1 is 1.26 bits per heavy atom. The highest BCUT2D eigenvalue weighted by atomic mass is 32.2. The largest absolute Gasteiger partial charge is 0.448 e. The number of carbonyl (C=O) groups is 2. The quantitative estimate of drug-likeness (QED) is 0.372. The molecule has 11 heteroatoms. The molecule has 0 amide bonds. The lowest BCUT2D eigenvalue weighted by Gasteiger charge is -2.59. The number of hydrogen-bond acceptors (Lipinski definition) is 8. The van der Waals surface area contributed by atoms with E-state index in [4.69, 9.17) is 9.47 Å². The number of nitrogens with zero attached hydrogens (tertiary/aromatic N) is 3. The lowest BCUT2D eigenvalue weighted by atomic mass is 9.46. The molecule has 0 radical (unpaired) electrons. The number of thioether (sulfide) groups is 1. The molecule has 42 heavy (non-hydrogen) atoms. The molecule has 224 valence electrons. The molecule has 0 spiro atoms. The molecule has 8 nitrogen and oxygen atoms in total. The number of allylic oxidation sites excluding steroid dienone is 3. The highest BCUT2D eigenvalue weighted by Gasteiger charge is 2.70. The van der Waals surface area contributed by atoms with Gasteiger partial charge in [0, 0.05) is 23.9 Å². The van der Waals surface area contributed by atoms with E-state index in [1.165, 1.54) is 19.4 Å². The van der Waals surface area contributed by atoms with E-state index in [0.717, 1.165) is 22.4 Å². The van der Waals surface area contributed by atoms with Crippen molar-refractivity contribution in [3.8, 4) is 5.69 Å². The topological polar surface area (TPSA) is 104 Å². The summed E-state index contributed by atoms with van der Waals surface area (Å²) in [5.41, 5.74) is 1.87. The summed E-state index contributed by atoms with van der Waals surface area (Å²) in [5, 5.41) is 16.0. The fourth-order valence-corrected chi connectivity index (χ4v) is 9.51. The Hall–Kier alpha value is -2.89. The average Bonchev–Trinajstić information content (AvgIpc) is 3.46. The van der Waals surface area contributed by atoms with E-state index < -0.39 is 45.6 Å². The molecule has 0 bridgehead atoms. The van der Waals surface area contributed by atoms with E-state index in [1.807, 2.05) is 13.1 Å². The van der Waals surface area contributed by atoms with Crippen LogP contribution in [0.5, 0.6) is 0 Å². The highest BCUT2D eigenvalue weighted by molar-refractivity contribution is 8.13. The Morgan fingerprint density at radius 3 is 2.74 bits per heavy atom. The number of pyridine rings is 1. The number of alkyl halides is 1. The van der Waals surface area contributed by atoms with Gasteiger partial charge < -0.3 is 14.6 Å². The molecule has 6 rings (SSSR count). The van der Waals surface area contributed by atoms with Crippen LogP contribution in [0.15, 0.2) is 41.7 Å². The maximum absolute atomic E-state index is 13.5. The summed E-state index contributed by atoms with van der Waals surface area (Å²) in [5.74, 6) is -1.57. The summed E-state index contributed by atoms with van der Waals surface area (Å²) in [7, 11) is 1.37. The molecular formula is C31H35F2N3O5S. The summed E-state index contributed by atoms with van der Waals surface area (Å²) in [4.78, 5) is 30.0. The molecule has 2 aromatic rings. The van der Waals surface area contributed by atoms with Gasteiger partial charge in [0.15, 0.2) is 5.60 Å². The zero-order valence-electron chi connectivity index (χ0n) is 24.1. The molecule has 0 unspecified atom stereocenters. The summed E-state index contributed by atoms with van der Waals surface area (Å²) >= 11 is 0.520. The summed E-state index contributed by atoms with van der Waals surface area (Å²) < 4.78 is 39.6. The second-order valence-electron chi connectivity index (χ2n) is 12.5. The predicted octanol–water partition coefficient (Wildman–Crippen LogP) is 4.84. The van der Waals surface area contributed by atoms with Gasteiger partial charge in [-0.1, -0.05) is 25.5 Å². The molecule has 0 saturated heterocycles. The highest BCUT2D eigenvalue weighted by Crippen LogP contribution is 2.68. The summed E-state index contributed by atoms with van der Waals surface area (Å²) in [6, 6.07) is 2.02. The van der Waals surface area contributed by atoms with Crippen LogP contribution in [0.25, 0.3) is 11.8 Å². The number of aliphatic hydroxyl groups is 1. The van der Waals surface area contributed by atoms with Crippen molar-refractivity contribution in [2.45, 2.75) is 58.2 Å². The van der Waals surface area contributed by atoms with Gasteiger partial charge in [0.25, 0.3) is 0 Å². The molecule has 4 aliphatic carbocycles. The zero-order chi connectivity index (χ0) is 30.0. The number of methoxy groups -OCH3 is 1. The van der Waals surface area contributed by atoms with Crippen LogP contribution in [0.4, 0.5) is 8.78 Å². The van der Waals surface area contributed by atoms with E-state index in [9.17, 15) is 23.5 Å². The molecule has 2 aromatic heterocycles. The van der Waals surface area contributed by atoms with Gasteiger partial charge in [0.2, 0.25) is 11.1 Å². The number of ether oxygens (including phenoxy) is 2. The number of rotatable bonds is 6. The van der Waals surface area contributed by atoms with E-state index >= 15 is 0 Å². The number of hydrogen-bond donors (Lipinski definition) is 1. The predicted molar refractivity (Wildman–Crippen MR) is 153 cm³/mol. The number of esters is 1. The van der Waals surface area contributed by atoms with Crippen LogP contribution < -0.4 is 0 Å². The number of aromatic nitrogens is 3. The first kappa shape index (κ1) is 29.2. The Bertz CT molecular complexity index is 1490. The van der Waals surface area contributed by atoms with Crippen LogP contribution in [0.3, 0.4) is 0 Å². The first-order chi connectivity index (χ1) is 20.0. The molecule has 4 aliphatic rings. The monoisotopic (exact) mass is 599 g/mol. The third-order valence-corrected chi connectivity index (χ3v) is 11.1. The maximum atomic E-state index is 13.5. The van der Waals surface area contributed by atoms with Gasteiger partial charge in [-0.3, -0.25) is 4.79 Å². The van der Waals surface area contributed by atoms with Crippen LogP contribution in [-0.4, -0.2) is 62.4 Å². The molecular weight excluding hydrogens is 564 g/mol. The molecule has 7 atom stereocenters. The average molecular weight is 600 g/mol. The molecule has 0 aromatic carbocycles. The SMILES string of the molecule is COCC(=O)O[C@]1(C(=O)SCF)CC[C@H]2[C@@H]3C=C(C)C4=Cc5c(cnn5-c5ccc(F)nc5)C[C@]4(C)[C@H]3[C@@H](O)C[C@@]21C. The molecule has 2 saturated carbocycles. The van der Waals surface area contributed by atoms with Crippen LogP contribution in [0.1, 0.15) is 51.3 Å². The van der Waals surface area contributed by atoms with Crippen molar-refractivity contribution >= 4 is 28.9 Å². The van der Waals surface area contributed by atoms with Crippen molar-refractivity contribution in [2.75, 3.05) is 19.7 Å². The number of fused-ring (bicyclic) bond motifs is 6. The summed E-state index contributed by atoms with van der Waals surface area (Å²) in [6.07, 6.45) is 8.52. The van der Waals surface area contributed by atoms with Gasteiger partial charge in [-0.05, 0) is 85.6 Å². The van der Waals surface area contributed by atoms with Gasteiger partial charge in [-0.25, -0.2) is 18.9 Å². The normalized spacial score (nSPS) is 34.8. The van der Waals surface area contributed by atoms with Gasteiger partial charge in [-0.2, -0.15) is 9.49 Å². The van der Waals surface area contributed by atoms with Crippen LogP contribution >= 0.6 is 11.8 Å². The third kappa shape index (κ3) is 4.14. The number of halogens is 2. The second-order valence-corrected chi connectivity index (χ2v) is 13.4. The van der Waals surface area contributed by atoms with E-state index in [1.54, 1.807) is 10.7 Å². The Morgan fingerprint density at radius 2 is 2.05 bits per heavy atom. The van der Waals surface area contributed by atoms with Crippen LogP contribution in [-0.2, 0) is 25.5 Å². The Labute approximate surface area is 247 Å². The smallest absolute Gasteiger partial charge is 0.333 e. The Kier molecular flexibility index (Phi) is 7.21. The first-order valence-corrected chi connectivity index (χ1v) is 15.2. The molecule has 2 heterocycles. The standard InChI is InChI=1S/C31H35F2N3O5S/c1-17-9-20-21-7-8-31(28(39)42-16-32,41-26(38)15-40-4)30(21,3)12-24(37)27(20)29(2)11-18-13-35-36(23(18)10-22(17)29)19-5-6-25(33)34-14-19/h5-6,9-10,13-14,20-21,24,27,37H,7-8,11-12,15-16H2,1-4H3/t20-,21-,24-,27+,29-,30-,31-/m0/s1. The van der Waals surface area contributed by atoms with Gasteiger partial charge in [0.1, 0.15) is 12.6 Å². The van der Waals surface area contributed by atoms with E-state index in [0.29, 0.717) is 30.3 Å². The lowest BCUT2D eigenvalue weighted by molar-refractivity contribution is -0.194. The first-order valence-electron chi connectivity index (χ1n) is 14.2. The molecule has 2 fully saturated rings. The third-order valence-electron chi connectivity index (χ3n) is 10.4. The van der Waals surface area contributed by atoms with Gasteiger partial charge in [0.05, 0.1) is 29.9 Å². The van der Waals surface area contributed by atoms with Gasteiger partial charge in [-0.15, -0.1) is 0 Å². The maximum Gasteiger partial charge on any atom is 0.333 e. The van der Waals surface area contributed by atoms with E-state index in [-0.39, 0.29) is 37.2 Å². The second kappa shape index (κ2) is 10.4. The minimum atomic E-state index is -1.56. The number of aliphatic hydroxyl groups excluding tert-OH is 1. The van der Waals surface area contributed by atoms with E-state index in [2.05, 4.69) is 36.1 Å². The van der Waals surface area contributed by atoms with Crippen molar-refractivity contribution in [1.82, 2.24) is 14.8 Å².